The highest BCUT2D eigenvalue weighted by Crippen LogP contribution is 2.53. The Balaban J connectivity index is 1.43. The highest BCUT2D eigenvalue weighted by molar-refractivity contribution is 5.99. The van der Waals surface area contributed by atoms with Gasteiger partial charge in [-0.15, -0.1) is 0 Å². The molecule has 2 aliphatic heterocycles. The van der Waals surface area contributed by atoms with Gasteiger partial charge in [0, 0.05) is 36.4 Å². The van der Waals surface area contributed by atoms with Crippen LogP contribution in [0.4, 0.5) is 5.69 Å². The van der Waals surface area contributed by atoms with Gasteiger partial charge in [-0.3, -0.25) is 4.99 Å². The average Bonchev–Trinajstić information content (AvgIpc) is 3.18. The molecule has 0 unspecified atom stereocenters. The van der Waals surface area contributed by atoms with E-state index in [9.17, 15) is 4.79 Å². The second kappa shape index (κ2) is 7.13. The molecule has 2 saturated heterocycles. The zero-order chi connectivity index (χ0) is 20.8. The van der Waals surface area contributed by atoms with E-state index in [4.69, 9.17) is 24.9 Å². The van der Waals surface area contributed by atoms with E-state index in [1.807, 2.05) is 18.2 Å². The summed E-state index contributed by atoms with van der Waals surface area (Å²) in [5, 5.41) is 0. The van der Waals surface area contributed by atoms with Crippen molar-refractivity contribution in [2.45, 2.75) is 56.3 Å². The predicted octanol–water partition coefficient (Wildman–Crippen LogP) is 4.16. The van der Waals surface area contributed by atoms with Gasteiger partial charge in [-0.1, -0.05) is 18.2 Å². The number of ether oxygens (including phenoxy) is 3. The predicted molar refractivity (Wildman–Crippen MR) is 114 cm³/mol. The Morgan fingerprint density at radius 2 is 2.00 bits per heavy atom. The van der Waals surface area contributed by atoms with Crippen LogP contribution in [0.25, 0.3) is 0 Å². The largest absolute Gasteiger partial charge is 0.489 e. The maximum Gasteiger partial charge on any atom is 0.347 e. The third-order valence-electron chi connectivity index (χ3n) is 6.28. The first kappa shape index (κ1) is 19.1. The number of nitrogens with two attached hydrogens (primary N) is 1. The van der Waals surface area contributed by atoms with E-state index in [2.05, 4.69) is 6.92 Å². The number of benzene rings is 2. The van der Waals surface area contributed by atoms with Crippen LogP contribution >= 0.6 is 0 Å². The van der Waals surface area contributed by atoms with Crippen LogP contribution in [0.1, 0.15) is 54.9 Å². The van der Waals surface area contributed by atoms with Gasteiger partial charge in [0.15, 0.2) is 0 Å². The number of carbonyl (C=O) groups excluding carboxylic acids is 1. The van der Waals surface area contributed by atoms with Crippen molar-refractivity contribution in [3.8, 4) is 11.5 Å². The van der Waals surface area contributed by atoms with E-state index >= 15 is 0 Å². The zero-order valence-electron chi connectivity index (χ0n) is 17.1. The fraction of sp³-hybridized carbons (Fsp3) is 0.417. The molecule has 2 N–H and O–H groups in total. The highest BCUT2D eigenvalue weighted by Gasteiger charge is 2.59. The number of nitrogen functional groups attached to an aromatic ring is 1. The van der Waals surface area contributed by atoms with Crippen molar-refractivity contribution in [2.24, 2.45) is 4.99 Å². The van der Waals surface area contributed by atoms with Crippen molar-refractivity contribution in [3.63, 3.8) is 0 Å². The number of rotatable bonds is 6. The quantitative estimate of drug-likeness (QED) is 0.337. The Labute approximate surface area is 176 Å². The maximum atomic E-state index is 13.0. The molecule has 6 rings (SSSR count). The summed E-state index contributed by atoms with van der Waals surface area (Å²) in [7, 11) is 0. The molecule has 6 heteroatoms. The van der Waals surface area contributed by atoms with Crippen molar-refractivity contribution in [3.05, 3.63) is 53.6 Å². The van der Waals surface area contributed by atoms with Gasteiger partial charge in [0.1, 0.15) is 17.1 Å². The standard InChI is InChI=1S/C24H26N2O4/c1-23-13-24(14-23,15-28-23)26-12-16-10-19(22(27)30-18-6-3-2-4-7-18)21(11-20(16)25)29-17-8-5-9-17/h2-4,6-7,10-12,17H,5,8-9,13-15,25H2,1H3. The number of esters is 1. The molecule has 156 valence electrons. The molecular formula is C24H26N2O4. The van der Waals surface area contributed by atoms with Gasteiger partial charge in [0.05, 0.1) is 23.9 Å². The molecule has 2 aromatic rings. The minimum Gasteiger partial charge on any atom is -0.489 e. The molecule has 0 atom stereocenters. The molecule has 6 nitrogen and oxygen atoms in total. The first-order valence-corrected chi connectivity index (χ1v) is 10.5. The summed E-state index contributed by atoms with van der Waals surface area (Å²) in [4.78, 5) is 17.7. The molecule has 2 aliphatic carbocycles. The SMILES string of the molecule is CC12CC(N=Cc3cc(C(=O)Oc4ccccc4)c(OC4CCC4)cc3N)(CO1)C2. The summed E-state index contributed by atoms with van der Waals surface area (Å²) in [5.74, 6) is 0.484. The summed E-state index contributed by atoms with van der Waals surface area (Å²) in [6.45, 7) is 2.75. The number of fused-ring (bicyclic) bond motifs is 1. The molecule has 30 heavy (non-hydrogen) atoms. The van der Waals surface area contributed by atoms with E-state index in [1.165, 1.54) is 0 Å². The molecule has 4 fully saturated rings. The fourth-order valence-corrected chi connectivity index (χ4v) is 4.49. The zero-order valence-corrected chi connectivity index (χ0v) is 17.1. The number of para-hydroxylation sites is 1. The average molecular weight is 406 g/mol. The lowest BCUT2D eigenvalue weighted by Crippen LogP contribution is -2.45. The molecular weight excluding hydrogens is 380 g/mol. The first-order chi connectivity index (χ1) is 14.4. The number of aliphatic imine (C=N–C) groups is 1. The second-order valence-corrected chi connectivity index (χ2v) is 8.93. The summed E-state index contributed by atoms with van der Waals surface area (Å²) >= 11 is 0. The summed E-state index contributed by atoms with van der Waals surface area (Å²) in [6, 6.07) is 12.5. The second-order valence-electron chi connectivity index (χ2n) is 8.93. The van der Waals surface area contributed by atoms with Crippen molar-refractivity contribution in [1.29, 1.82) is 0 Å². The van der Waals surface area contributed by atoms with E-state index in [1.54, 1.807) is 30.5 Å². The van der Waals surface area contributed by atoms with Crippen LogP contribution in [0.15, 0.2) is 47.5 Å². The Morgan fingerprint density at radius 1 is 1.23 bits per heavy atom. The van der Waals surface area contributed by atoms with Gasteiger partial charge in [-0.25, -0.2) is 4.79 Å². The molecule has 0 spiro atoms. The molecule has 2 bridgehead atoms. The Hall–Kier alpha value is -2.86. The Morgan fingerprint density at radius 3 is 2.63 bits per heavy atom. The third-order valence-corrected chi connectivity index (χ3v) is 6.28. The smallest absolute Gasteiger partial charge is 0.347 e. The molecule has 0 radical (unpaired) electrons. The van der Waals surface area contributed by atoms with Crippen molar-refractivity contribution in [1.82, 2.24) is 0 Å². The summed E-state index contributed by atoms with van der Waals surface area (Å²) in [6.07, 6.45) is 6.82. The molecule has 4 aliphatic rings. The topological polar surface area (TPSA) is 83.1 Å². The number of hydrogen-bond donors (Lipinski definition) is 1. The van der Waals surface area contributed by atoms with Crippen molar-refractivity contribution < 1.29 is 19.0 Å². The van der Waals surface area contributed by atoms with Crippen LogP contribution in [-0.4, -0.2) is 36.0 Å². The van der Waals surface area contributed by atoms with E-state index in [-0.39, 0.29) is 17.2 Å². The van der Waals surface area contributed by atoms with Crippen LogP contribution in [0.5, 0.6) is 11.5 Å². The molecule has 2 saturated carbocycles. The highest BCUT2D eigenvalue weighted by atomic mass is 16.5. The van der Waals surface area contributed by atoms with Crippen LogP contribution in [0.2, 0.25) is 0 Å². The van der Waals surface area contributed by atoms with Crippen LogP contribution < -0.4 is 15.2 Å². The van der Waals surface area contributed by atoms with Gasteiger partial charge in [-0.05, 0) is 44.4 Å². The molecule has 0 aromatic heterocycles. The fourth-order valence-electron chi connectivity index (χ4n) is 4.49. The van der Waals surface area contributed by atoms with Crippen LogP contribution in [0.3, 0.4) is 0 Å². The van der Waals surface area contributed by atoms with Gasteiger partial charge in [0.25, 0.3) is 0 Å². The van der Waals surface area contributed by atoms with Gasteiger partial charge < -0.3 is 19.9 Å². The van der Waals surface area contributed by atoms with Crippen LogP contribution in [-0.2, 0) is 4.74 Å². The first-order valence-electron chi connectivity index (χ1n) is 10.5. The number of nitrogens with zero attached hydrogens (tertiary/aromatic N) is 1. The minimum absolute atomic E-state index is 0.0337. The summed E-state index contributed by atoms with van der Waals surface area (Å²) < 4.78 is 17.4. The maximum absolute atomic E-state index is 13.0. The minimum atomic E-state index is -0.469. The Bertz CT molecular complexity index is 992. The molecule has 2 aromatic carbocycles. The van der Waals surface area contributed by atoms with Gasteiger partial charge in [-0.2, -0.15) is 0 Å². The lowest BCUT2D eigenvalue weighted by Gasteiger charge is -2.39. The van der Waals surface area contributed by atoms with E-state index in [0.717, 1.165) is 32.1 Å². The van der Waals surface area contributed by atoms with Crippen molar-refractivity contribution >= 4 is 17.9 Å². The number of anilines is 1. The monoisotopic (exact) mass is 406 g/mol. The third kappa shape index (κ3) is 3.56. The number of carbonyl (C=O) groups is 1. The Kier molecular flexibility index (Phi) is 4.54. The number of hydrogen-bond acceptors (Lipinski definition) is 6. The van der Waals surface area contributed by atoms with Crippen molar-refractivity contribution in [2.75, 3.05) is 12.3 Å². The van der Waals surface area contributed by atoms with Gasteiger partial charge in [0.2, 0.25) is 0 Å². The van der Waals surface area contributed by atoms with E-state index < -0.39 is 5.97 Å². The molecule has 2 heterocycles. The van der Waals surface area contributed by atoms with E-state index in [0.29, 0.717) is 34.9 Å². The van der Waals surface area contributed by atoms with Gasteiger partial charge >= 0.3 is 5.97 Å². The normalized spacial score (nSPS) is 27.5. The van der Waals surface area contributed by atoms with Crippen LogP contribution in [0, 0.1) is 0 Å². The lowest BCUT2D eigenvalue weighted by molar-refractivity contribution is 0.0172. The summed E-state index contributed by atoms with van der Waals surface area (Å²) in [5.41, 5.74) is 7.67. The lowest BCUT2D eigenvalue weighted by atomic mass is 9.70. The molecule has 0 amide bonds.